The van der Waals surface area contributed by atoms with Crippen molar-refractivity contribution in [3.8, 4) is 0 Å². The number of rotatable bonds is 8. The molecule has 1 heterocycles. The lowest BCUT2D eigenvalue weighted by Crippen LogP contribution is -2.08. The Morgan fingerprint density at radius 3 is 2.67 bits per heavy atom. The summed E-state index contributed by atoms with van der Waals surface area (Å²) < 4.78 is 1.75. The van der Waals surface area contributed by atoms with Crippen LogP contribution in [-0.2, 0) is 6.54 Å². The lowest BCUT2D eigenvalue weighted by Gasteiger charge is -2.09. The van der Waals surface area contributed by atoms with Crippen LogP contribution in [0.1, 0.15) is 13.3 Å². The second-order valence-electron chi connectivity index (χ2n) is 4.50. The molecule has 0 atom stereocenters. The standard InChI is InChI=1S/C13H18N6O2/c1-2-14-11-8-12(10-13(9-11)19(20)21)15-4-3-6-18-7-5-16-17-18/h5,7-10,14-15H,2-4,6H2,1H3. The van der Waals surface area contributed by atoms with E-state index in [1.807, 2.05) is 13.0 Å². The van der Waals surface area contributed by atoms with Crippen LogP contribution < -0.4 is 10.6 Å². The van der Waals surface area contributed by atoms with Crippen molar-refractivity contribution in [3.05, 3.63) is 40.7 Å². The molecule has 0 saturated carbocycles. The van der Waals surface area contributed by atoms with Gasteiger partial charge < -0.3 is 10.6 Å². The number of hydrogen-bond donors (Lipinski definition) is 2. The summed E-state index contributed by atoms with van der Waals surface area (Å²) in [5, 5.41) is 24.8. The molecule has 0 aliphatic carbocycles. The number of nitro groups is 1. The van der Waals surface area contributed by atoms with E-state index in [2.05, 4.69) is 20.9 Å². The van der Waals surface area contributed by atoms with Crippen molar-refractivity contribution in [2.75, 3.05) is 23.7 Å². The van der Waals surface area contributed by atoms with Crippen LogP contribution in [0.4, 0.5) is 17.1 Å². The van der Waals surface area contributed by atoms with Gasteiger partial charge in [0.1, 0.15) is 0 Å². The number of nitrogens with one attached hydrogen (secondary N) is 2. The summed E-state index contributed by atoms with van der Waals surface area (Å²) in [4.78, 5) is 10.5. The molecule has 0 radical (unpaired) electrons. The molecule has 0 aliphatic rings. The first-order valence-corrected chi connectivity index (χ1v) is 6.80. The van der Waals surface area contributed by atoms with Gasteiger partial charge in [-0.25, -0.2) is 0 Å². The molecule has 0 bridgehead atoms. The summed E-state index contributed by atoms with van der Waals surface area (Å²) in [7, 11) is 0. The smallest absolute Gasteiger partial charge is 0.273 e. The maximum Gasteiger partial charge on any atom is 0.273 e. The number of aryl methyl sites for hydroxylation is 1. The third-order valence-corrected chi connectivity index (χ3v) is 2.87. The Balaban J connectivity index is 1.93. The second-order valence-corrected chi connectivity index (χ2v) is 4.50. The molecule has 1 aromatic heterocycles. The molecule has 0 amide bonds. The summed E-state index contributed by atoms with van der Waals surface area (Å²) in [5.41, 5.74) is 1.55. The summed E-state index contributed by atoms with van der Waals surface area (Å²) in [6.45, 7) is 4.12. The number of non-ortho nitro benzene ring substituents is 1. The zero-order valence-corrected chi connectivity index (χ0v) is 11.8. The Hall–Kier alpha value is -2.64. The largest absolute Gasteiger partial charge is 0.385 e. The van der Waals surface area contributed by atoms with E-state index in [0.29, 0.717) is 13.1 Å². The molecule has 8 heteroatoms. The van der Waals surface area contributed by atoms with Gasteiger partial charge in [0.2, 0.25) is 0 Å². The first-order chi connectivity index (χ1) is 10.2. The number of aromatic nitrogens is 3. The van der Waals surface area contributed by atoms with E-state index in [4.69, 9.17) is 0 Å². The first-order valence-electron chi connectivity index (χ1n) is 6.80. The van der Waals surface area contributed by atoms with E-state index in [-0.39, 0.29) is 10.6 Å². The van der Waals surface area contributed by atoms with Gasteiger partial charge in [-0.1, -0.05) is 5.21 Å². The third kappa shape index (κ3) is 4.44. The average Bonchev–Trinajstić information content (AvgIpc) is 2.97. The maximum atomic E-state index is 10.9. The molecule has 8 nitrogen and oxygen atoms in total. The maximum absolute atomic E-state index is 10.9. The molecule has 2 N–H and O–H groups in total. The van der Waals surface area contributed by atoms with E-state index < -0.39 is 0 Å². The van der Waals surface area contributed by atoms with Gasteiger partial charge in [-0.2, -0.15) is 0 Å². The van der Waals surface area contributed by atoms with Crippen molar-refractivity contribution in [1.82, 2.24) is 15.0 Å². The zero-order valence-electron chi connectivity index (χ0n) is 11.8. The molecule has 0 aliphatic heterocycles. The van der Waals surface area contributed by atoms with Crippen LogP contribution >= 0.6 is 0 Å². The highest BCUT2D eigenvalue weighted by atomic mass is 16.6. The van der Waals surface area contributed by atoms with Gasteiger partial charge in [-0.15, -0.1) is 5.10 Å². The average molecular weight is 290 g/mol. The van der Waals surface area contributed by atoms with Crippen LogP contribution in [0.5, 0.6) is 0 Å². The highest BCUT2D eigenvalue weighted by Gasteiger charge is 2.09. The second kappa shape index (κ2) is 7.22. The fourth-order valence-corrected chi connectivity index (χ4v) is 1.95. The van der Waals surface area contributed by atoms with Crippen LogP contribution in [-0.4, -0.2) is 33.0 Å². The normalized spacial score (nSPS) is 10.3. The molecule has 2 aromatic rings. The number of anilines is 2. The molecular weight excluding hydrogens is 272 g/mol. The lowest BCUT2D eigenvalue weighted by molar-refractivity contribution is -0.384. The minimum absolute atomic E-state index is 0.0761. The number of benzene rings is 1. The van der Waals surface area contributed by atoms with Gasteiger partial charge in [0, 0.05) is 49.3 Å². The van der Waals surface area contributed by atoms with Crippen LogP contribution in [0.3, 0.4) is 0 Å². The molecule has 0 unspecified atom stereocenters. The molecule has 0 fully saturated rings. The number of hydrogen-bond acceptors (Lipinski definition) is 6. The Labute approximate surface area is 122 Å². The van der Waals surface area contributed by atoms with Crippen LogP contribution in [0.15, 0.2) is 30.6 Å². The summed E-state index contributed by atoms with van der Waals surface area (Å²) >= 11 is 0. The SMILES string of the molecule is CCNc1cc(NCCCn2ccnn2)cc([N+](=O)[O-])c1. The van der Waals surface area contributed by atoms with Crippen LogP contribution in [0.2, 0.25) is 0 Å². The van der Waals surface area contributed by atoms with Crippen molar-refractivity contribution in [2.24, 2.45) is 0 Å². The van der Waals surface area contributed by atoms with Gasteiger partial charge in [0.25, 0.3) is 5.69 Å². The Bertz CT molecular complexity index is 584. The Morgan fingerprint density at radius 2 is 2.05 bits per heavy atom. The lowest BCUT2D eigenvalue weighted by atomic mass is 10.2. The minimum atomic E-state index is -0.387. The summed E-state index contributed by atoms with van der Waals surface area (Å²) in [5.74, 6) is 0. The quantitative estimate of drug-likeness (QED) is 0.439. The molecule has 1 aromatic carbocycles. The molecule has 0 spiro atoms. The highest BCUT2D eigenvalue weighted by Crippen LogP contribution is 2.24. The van der Waals surface area contributed by atoms with Crippen molar-refractivity contribution >= 4 is 17.1 Å². The first kappa shape index (κ1) is 14.8. The highest BCUT2D eigenvalue weighted by molar-refractivity contribution is 5.63. The van der Waals surface area contributed by atoms with E-state index in [1.54, 1.807) is 17.1 Å². The van der Waals surface area contributed by atoms with Crippen molar-refractivity contribution in [1.29, 1.82) is 0 Å². The minimum Gasteiger partial charge on any atom is -0.385 e. The van der Waals surface area contributed by atoms with E-state index in [1.165, 1.54) is 12.1 Å². The number of nitro benzene ring substituents is 1. The summed E-state index contributed by atoms with van der Waals surface area (Å²) in [6.07, 6.45) is 4.29. The van der Waals surface area contributed by atoms with E-state index in [9.17, 15) is 10.1 Å². The molecular formula is C13H18N6O2. The topological polar surface area (TPSA) is 97.9 Å². The van der Waals surface area contributed by atoms with Gasteiger partial charge in [0.15, 0.2) is 0 Å². The Kier molecular flexibility index (Phi) is 5.08. The van der Waals surface area contributed by atoms with E-state index in [0.717, 1.165) is 24.3 Å². The monoisotopic (exact) mass is 290 g/mol. The van der Waals surface area contributed by atoms with E-state index >= 15 is 0 Å². The predicted octanol–water partition coefficient (Wildman–Crippen LogP) is 2.12. The Morgan fingerprint density at radius 1 is 1.29 bits per heavy atom. The van der Waals surface area contributed by atoms with Crippen LogP contribution in [0, 0.1) is 10.1 Å². The molecule has 112 valence electrons. The molecule has 21 heavy (non-hydrogen) atoms. The van der Waals surface area contributed by atoms with Crippen molar-refractivity contribution in [3.63, 3.8) is 0 Å². The predicted molar refractivity (Wildman–Crippen MR) is 80.4 cm³/mol. The van der Waals surface area contributed by atoms with Crippen LogP contribution in [0.25, 0.3) is 0 Å². The fourth-order valence-electron chi connectivity index (χ4n) is 1.95. The van der Waals surface area contributed by atoms with Gasteiger partial charge in [0.05, 0.1) is 11.1 Å². The van der Waals surface area contributed by atoms with Gasteiger partial charge >= 0.3 is 0 Å². The van der Waals surface area contributed by atoms with Crippen molar-refractivity contribution < 1.29 is 4.92 Å². The van der Waals surface area contributed by atoms with Gasteiger partial charge in [-0.3, -0.25) is 14.8 Å². The summed E-state index contributed by atoms with van der Waals surface area (Å²) in [6, 6.07) is 4.94. The number of nitrogens with zero attached hydrogens (tertiary/aromatic N) is 4. The van der Waals surface area contributed by atoms with Crippen molar-refractivity contribution in [2.45, 2.75) is 19.9 Å². The third-order valence-electron chi connectivity index (χ3n) is 2.87. The fraction of sp³-hybridized carbons (Fsp3) is 0.385. The molecule has 0 saturated heterocycles. The molecule has 2 rings (SSSR count). The van der Waals surface area contributed by atoms with Gasteiger partial charge in [-0.05, 0) is 19.4 Å². The zero-order chi connectivity index (χ0) is 15.1.